The molecular weight excluding hydrogens is 186 g/mol. The molecule has 0 spiro atoms. The summed E-state index contributed by atoms with van der Waals surface area (Å²) in [7, 11) is 0. The number of hydrogen-bond acceptors (Lipinski definition) is 4. The van der Waals surface area contributed by atoms with Crippen molar-refractivity contribution >= 4 is 11.7 Å². The Morgan fingerprint density at radius 1 is 1.36 bits per heavy atom. The molecule has 2 atom stereocenters. The van der Waals surface area contributed by atoms with Gasteiger partial charge in [0.15, 0.2) is 0 Å². The number of hydrogen-bond donors (Lipinski definition) is 3. The van der Waals surface area contributed by atoms with Crippen LogP contribution in [0.25, 0.3) is 0 Å². The first kappa shape index (κ1) is 10.7. The average Bonchev–Trinajstić information content (AvgIpc) is 2.52. The Hall–Kier alpha value is -1.36. The SMILES string of the molecule is O=C(C=CO)C(=O)NC1CCCC1O. The molecule has 3 N–H and O–H groups in total. The molecule has 0 saturated heterocycles. The van der Waals surface area contributed by atoms with Crippen LogP contribution in [0.2, 0.25) is 0 Å². The van der Waals surface area contributed by atoms with Crippen molar-refractivity contribution in [1.29, 1.82) is 0 Å². The van der Waals surface area contributed by atoms with Crippen LogP contribution >= 0.6 is 0 Å². The second kappa shape index (κ2) is 4.76. The van der Waals surface area contributed by atoms with E-state index < -0.39 is 17.8 Å². The van der Waals surface area contributed by atoms with E-state index in [0.717, 1.165) is 12.5 Å². The average molecular weight is 199 g/mol. The van der Waals surface area contributed by atoms with Crippen LogP contribution in [-0.2, 0) is 9.59 Å². The van der Waals surface area contributed by atoms with Crippen molar-refractivity contribution in [2.45, 2.75) is 31.4 Å². The minimum absolute atomic E-state index is 0.335. The van der Waals surface area contributed by atoms with E-state index >= 15 is 0 Å². The number of carbonyl (C=O) groups excluding carboxylic acids is 2. The van der Waals surface area contributed by atoms with Gasteiger partial charge in [0.2, 0.25) is 5.78 Å². The van der Waals surface area contributed by atoms with Crippen molar-refractivity contribution < 1.29 is 19.8 Å². The van der Waals surface area contributed by atoms with E-state index in [0.29, 0.717) is 19.1 Å². The Morgan fingerprint density at radius 3 is 2.57 bits per heavy atom. The maximum Gasteiger partial charge on any atom is 0.292 e. The molecule has 0 aromatic heterocycles. The highest BCUT2D eigenvalue weighted by molar-refractivity contribution is 6.40. The Bertz CT molecular complexity index is 262. The molecule has 0 aliphatic heterocycles. The normalized spacial score (nSPS) is 26.6. The highest BCUT2D eigenvalue weighted by atomic mass is 16.3. The van der Waals surface area contributed by atoms with Gasteiger partial charge in [0.25, 0.3) is 5.91 Å². The van der Waals surface area contributed by atoms with E-state index in [-0.39, 0.29) is 6.04 Å². The largest absolute Gasteiger partial charge is 0.515 e. The molecule has 14 heavy (non-hydrogen) atoms. The van der Waals surface area contributed by atoms with Gasteiger partial charge in [0.1, 0.15) is 0 Å². The summed E-state index contributed by atoms with van der Waals surface area (Å²) >= 11 is 0. The zero-order chi connectivity index (χ0) is 10.6. The third-order valence-electron chi connectivity index (χ3n) is 2.25. The lowest BCUT2D eigenvalue weighted by Gasteiger charge is -2.14. The van der Waals surface area contributed by atoms with Crippen molar-refractivity contribution in [2.24, 2.45) is 0 Å². The lowest BCUT2D eigenvalue weighted by molar-refractivity contribution is -0.136. The summed E-state index contributed by atoms with van der Waals surface area (Å²) in [6.07, 6.45) is 2.91. The van der Waals surface area contributed by atoms with Gasteiger partial charge in [-0.25, -0.2) is 0 Å². The van der Waals surface area contributed by atoms with Crippen LogP contribution in [0.3, 0.4) is 0 Å². The number of nitrogens with one attached hydrogen (secondary N) is 1. The lowest BCUT2D eigenvalue weighted by atomic mass is 10.2. The number of amides is 1. The Labute approximate surface area is 81.4 Å². The van der Waals surface area contributed by atoms with E-state index in [1.165, 1.54) is 0 Å². The number of ketones is 1. The molecule has 1 rings (SSSR count). The van der Waals surface area contributed by atoms with Crippen LogP contribution < -0.4 is 5.32 Å². The van der Waals surface area contributed by atoms with Crippen molar-refractivity contribution in [2.75, 3.05) is 0 Å². The summed E-state index contributed by atoms with van der Waals surface area (Å²) in [5.74, 6) is -1.60. The molecular formula is C9H13NO4. The number of aliphatic hydroxyl groups is 2. The molecule has 5 nitrogen and oxygen atoms in total. The summed E-state index contributed by atoms with van der Waals surface area (Å²) in [4.78, 5) is 22.0. The van der Waals surface area contributed by atoms with E-state index in [4.69, 9.17) is 5.11 Å². The molecule has 5 heteroatoms. The summed E-state index contributed by atoms with van der Waals surface area (Å²) in [6, 6.07) is -0.335. The summed E-state index contributed by atoms with van der Waals surface area (Å²) < 4.78 is 0. The molecule has 0 radical (unpaired) electrons. The smallest absolute Gasteiger partial charge is 0.292 e. The van der Waals surface area contributed by atoms with E-state index in [1.54, 1.807) is 0 Å². The van der Waals surface area contributed by atoms with E-state index in [2.05, 4.69) is 5.32 Å². The highest BCUT2D eigenvalue weighted by Gasteiger charge is 2.27. The predicted octanol–water partition coefficient (Wildman–Crippen LogP) is -0.343. The Kier molecular flexibility index (Phi) is 3.64. The summed E-state index contributed by atoms with van der Waals surface area (Å²) in [6.45, 7) is 0. The fourth-order valence-electron chi connectivity index (χ4n) is 1.49. The maximum absolute atomic E-state index is 11.1. The standard InChI is InChI=1S/C9H13NO4/c11-5-4-8(13)9(14)10-6-2-1-3-7(6)12/h4-7,11-12H,1-3H2,(H,10,14). The molecule has 1 amide bonds. The zero-order valence-electron chi connectivity index (χ0n) is 7.64. The second-order valence-corrected chi connectivity index (χ2v) is 3.26. The molecule has 0 aromatic rings. The Balaban J connectivity index is 2.44. The quantitative estimate of drug-likeness (QED) is 0.329. The monoisotopic (exact) mass is 199 g/mol. The van der Waals surface area contributed by atoms with Gasteiger partial charge < -0.3 is 15.5 Å². The van der Waals surface area contributed by atoms with E-state index in [9.17, 15) is 14.7 Å². The minimum Gasteiger partial charge on any atom is -0.515 e. The molecule has 1 aliphatic rings. The molecule has 2 unspecified atom stereocenters. The highest BCUT2D eigenvalue weighted by Crippen LogP contribution is 2.18. The molecule has 0 heterocycles. The van der Waals surface area contributed by atoms with Gasteiger partial charge in [0.05, 0.1) is 18.4 Å². The van der Waals surface area contributed by atoms with E-state index in [1.807, 2.05) is 0 Å². The first-order chi connectivity index (χ1) is 6.65. The summed E-state index contributed by atoms with van der Waals surface area (Å²) in [5, 5.41) is 20.0. The van der Waals surface area contributed by atoms with Crippen LogP contribution in [0.5, 0.6) is 0 Å². The van der Waals surface area contributed by atoms with Gasteiger partial charge in [-0.3, -0.25) is 9.59 Å². The van der Waals surface area contributed by atoms with Crippen molar-refractivity contribution in [1.82, 2.24) is 5.32 Å². The van der Waals surface area contributed by atoms with Crippen LogP contribution in [0.15, 0.2) is 12.3 Å². The molecule has 78 valence electrons. The third kappa shape index (κ3) is 2.56. The van der Waals surface area contributed by atoms with Crippen LogP contribution in [-0.4, -0.2) is 34.0 Å². The summed E-state index contributed by atoms with van der Waals surface area (Å²) in [5.41, 5.74) is 0. The topological polar surface area (TPSA) is 86.6 Å². The Morgan fingerprint density at radius 2 is 2.07 bits per heavy atom. The van der Waals surface area contributed by atoms with Crippen LogP contribution in [0.4, 0.5) is 0 Å². The van der Waals surface area contributed by atoms with Crippen molar-refractivity contribution in [3.05, 3.63) is 12.3 Å². The van der Waals surface area contributed by atoms with Crippen LogP contribution in [0.1, 0.15) is 19.3 Å². The maximum atomic E-state index is 11.1. The molecule has 1 fully saturated rings. The molecule has 0 bridgehead atoms. The number of carbonyl (C=O) groups is 2. The van der Waals surface area contributed by atoms with Crippen LogP contribution in [0, 0.1) is 0 Å². The van der Waals surface area contributed by atoms with Gasteiger partial charge in [-0.05, 0) is 19.3 Å². The second-order valence-electron chi connectivity index (χ2n) is 3.26. The molecule has 1 saturated carbocycles. The van der Waals surface area contributed by atoms with Crippen molar-refractivity contribution in [3.8, 4) is 0 Å². The predicted molar refractivity (Wildman–Crippen MR) is 48.6 cm³/mol. The minimum atomic E-state index is -0.813. The first-order valence-electron chi connectivity index (χ1n) is 4.49. The lowest BCUT2D eigenvalue weighted by Crippen LogP contribution is -2.42. The van der Waals surface area contributed by atoms with Gasteiger partial charge in [-0.2, -0.15) is 0 Å². The van der Waals surface area contributed by atoms with Gasteiger partial charge >= 0.3 is 0 Å². The fraction of sp³-hybridized carbons (Fsp3) is 0.556. The number of rotatable bonds is 3. The van der Waals surface area contributed by atoms with Gasteiger partial charge in [-0.1, -0.05) is 0 Å². The third-order valence-corrected chi connectivity index (χ3v) is 2.25. The number of aliphatic hydroxyl groups excluding tert-OH is 2. The van der Waals surface area contributed by atoms with Crippen molar-refractivity contribution in [3.63, 3.8) is 0 Å². The zero-order valence-corrected chi connectivity index (χ0v) is 7.64. The molecule has 1 aliphatic carbocycles. The first-order valence-corrected chi connectivity index (χ1v) is 4.49. The van der Waals surface area contributed by atoms with Gasteiger partial charge in [-0.15, -0.1) is 0 Å². The molecule has 0 aromatic carbocycles. The fourth-order valence-corrected chi connectivity index (χ4v) is 1.49. The van der Waals surface area contributed by atoms with Gasteiger partial charge in [0, 0.05) is 6.08 Å².